The van der Waals surface area contributed by atoms with E-state index >= 15 is 0 Å². The van der Waals surface area contributed by atoms with E-state index in [0.717, 1.165) is 17.0 Å². The molecule has 1 N–H and O–H groups in total. The molecule has 152 valence electrons. The quantitative estimate of drug-likeness (QED) is 0.472. The molecule has 0 radical (unpaired) electrons. The molecule has 10 heteroatoms. The summed E-state index contributed by atoms with van der Waals surface area (Å²) in [5.74, 6) is 1.16. The first-order chi connectivity index (χ1) is 13.8. The summed E-state index contributed by atoms with van der Waals surface area (Å²) in [5.41, 5.74) is 3.24. The predicted octanol–water partition coefficient (Wildman–Crippen LogP) is 2.62. The number of aromatic nitrogens is 5. The van der Waals surface area contributed by atoms with Crippen LogP contribution in [0.1, 0.15) is 34.2 Å². The van der Waals surface area contributed by atoms with Crippen molar-refractivity contribution in [1.82, 2.24) is 24.7 Å². The molecule has 1 unspecified atom stereocenters. The van der Waals surface area contributed by atoms with Gasteiger partial charge in [0.25, 0.3) is 0 Å². The van der Waals surface area contributed by atoms with Crippen molar-refractivity contribution < 1.29 is 13.2 Å². The fourth-order valence-electron chi connectivity index (χ4n) is 3.76. The van der Waals surface area contributed by atoms with Crippen LogP contribution in [0.4, 0.5) is 0 Å². The van der Waals surface area contributed by atoms with Crippen molar-refractivity contribution in [1.29, 1.82) is 0 Å². The first-order valence-corrected chi connectivity index (χ1v) is 12.0. The highest BCUT2D eigenvalue weighted by molar-refractivity contribution is 7.99. The van der Waals surface area contributed by atoms with Crippen molar-refractivity contribution >= 4 is 27.4 Å². The summed E-state index contributed by atoms with van der Waals surface area (Å²) in [6.07, 6.45) is 3.95. The van der Waals surface area contributed by atoms with Gasteiger partial charge in [0, 0.05) is 41.0 Å². The second-order valence-electron chi connectivity index (χ2n) is 7.13. The molecule has 1 atom stereocenters. The first-order valence-electron chi connectivity index (χ1n) is 9.22. The van der Waals surface area contributed by atoms with Gasteiger partial charge >= 0.3 is 0 Å². The zero-order chi connectivity index (χ0) is 20.6. The monoisotopic (exact) mass is 431 g/mol. The van der Waals surface area contributed by atoms with E-state index < -0.39 is 9.84 Å². The van der Waals surface area contributed by atoms with E-state index in [1.54, 1.807) is 12.4 Å². The number of sulfone groups is 1. The second-order valence-corrected chi connectivity index (χ2v) is 10.3. The van der Waals surface area contributed by atoms with Crippen molar-refractivity contribution in [2.24, 2.45) is 0 Å². The smallest absolute Gasteiger partial charge is 0.209 e. The Labute approximate surface area is 173 Å². The lowest BCUT2D eigenvalue weighted by Gasteiger charge is -2.16. The number of H-pyrrole nitrogens is 1. The minimum atomic E-state index is -2.99. The van der Waals surface area contributed by atoms with Gasteiger partial charge in [-0.25, -0.2) is 13.4 Å². The third-order valence-electron chi connectivity index (χ3n) is 5.11. The van der Waals surface area contributed by atoms with Crippen LogP contribution in [0, 0.1) is 13.8 Å². The molecule has 1 fully saturated rings. The van der Waals surface area contributed by atoms with Gasteiger partial charge in [0.1, 0.15) is 0 Å². The Kier molecular flexibility index (Phi) is 5.30. The molecule has 0 aliphatic carbocycles. The molecule has 4 heterocycles. The van der Waals surface area contributed by atoms with E-state index in [0.29, 0.717) is 23.0 Å². The third kappa shape index (κ3) is 4.13. The normalized spacial score (nSPS) is 18.2. The number of pyridine rings is 1. The van der Waals surface area contributed by atoms with Gasteiger partial charge in [-0.05, 0) is 38.5 Å². The zero-order valence-corrected chi connectivity index (χ0v) is 17.8. The van der Waals surface area contributed by atoms with E-state index in [4.69, 9.17) is 0 Å². The van der Waals surface area contributed by atoms with Crippen LogP contribution in [0.2, 0.25) is 0 Å². The van der Waals surface area contributed by atoms with Gasteiger partial charge in [-0.3, -0.25) is 14.9 Å². The van der Waals surface area contributed by atoms with Crippen molar-refractivity contribution in [2.75, 3.05) is 17.3 Å². The minimum Gasteiger partial charge on any atom is -0.344 e. The molecular weight excluding hydrogens is 410 g/mol. The van der Waals surface area contributed by atoms with E-state index in [2.05, 4.69) is 20.2 Å². The molecule has 0 amide bonds. The van der Waals surface area contributed by atoms with E-state index in [-0.39, 0.29) is 29.1 Å². The Morgan fingerprint density at radius 1 is 1.31 bits per heavy atom. The average molecular weight is 432 g/mol. The van der Waals surface area contributed by atoms with Gasteiger partial charge in [-0.1, -0.05) is 11.8 Å². The number of thioether (sulfide) groups is 1. The number of carbonyl (C=O) groups excluding carboxylic acids is 1. The molecule has 1 aliphatic heterocycles. The maximum atomic E-state index is 12.8. The molecule has 3 aromatic rings. The van der Waals surface area contributed by atoms with Crippen LogP contribution in [0.3, 0.4) is 0 Å². The maximum absolute atomic E-state index is 12.8. The van der Waals surface area contributed by atoms with Gasteiger partial charge in [0.2, 0.25) is 5.16 Å². The zero-order valence-electron chi connectivity index (χ0n) is 16.1. The van der Waals surface area contributed by atoms with Crippen molar-refractivity contribution in [2.45, 2.75) is 31.5 Å². The summed E-state index contributed by atoms with van der Waals surface area (Å²) >= 11 is 1.27. The second kappa shape index (κ2) is 7.75. The Hall–Kier alpha value is -2.46. The number of Topliss-reactive ketones (excluding diaryl/α,β-unsaturated/α-hetero) is 1. The van der Waals surface area contributed by atoms with Crippen molar-refractivity contribution in [3.05, 3.63) is 47.5 Å². The molecule has 0 aromatic carbocycles. The molecule has 1 aliphatic rings. The average Bonchev–Trinajstić information content (AvgIpc) is 3.38. The Balaban J connectivity index is 1.46. The summed E-state index contributed by atoms with van der Waals surface area (Å²) < 4.78 is 25.7. The van der Waals surface area contributed by atoms with Gasteiger partial charge < -0.3 is 4.57 Å². The Morgan fingerprint density at radius 2 is 2.07 bits per heavy atom. The number of carbonyl (C=O) groups is 1. The van der Waals surface area contributed by atoms with Gasteiger partial charge in [0.05, 0.1) is 17.3 Å². The Morgan fingerprint density at radius 3 is 2.76 bits per heavy atom. The molecule has 3 aromatic heterocycles. The summed E-state index contributed by atoms with van der Waals surface area (Å²) in [7, 11) is -2.99. The number of ketones is 1. The van der Waals surface area contributed by atoms with Crippen LogP contribution in [0.25, 0.3) is 11.4 Å². The summed E-state index contributed by atoms with van der Waals surface area (Å²) in [5, 5.41) is 7.54. The van der Waals surface area contributed by atoms with Gasteiger partial charge in [-0.15, -0.1) is 5.10 Å². The lowest BCUT2D eigenvalue weighted by molar-refractivity contribution is 0.102. The molecule has 0 saturated carbocycles. The van der Waals surface area contributed by atoms with Crippen LogP contribution in [0.5, 0.6) is 0 Å². The van der Waals surface area contributed by atoms with Crippen LogP contribution < -0.4 is 0 Å². The molecule has 4 rings (SSSR count). The van der Waals surface area contributed by atoms with Crippen LogP contribution in [0.15, 0.2) is 35.7 Å². The number of hydrogen-bond acceptors (Lipinski definition) is 7. The van der Waals surface area contributed by atoms with Crippen molar-refractivity contribution in [3.63, 3.8) is 0 Å². The lowest BCUT2D eigenvalue weighted by Crippen LogP contribution is -2.14. The summed E-state index contributed by atoms with van der Waals surface area (Å²) in [6, 6.07) is 5.42. The topological polar surface area (TPSA) is 111 Å². The highest BCUT2D eigenvalue weighted by Crippen LogP contribution is 2.30. The lowest BCUT2D eigenvalue weighted by atomic mass is 10.2. The molecule has 1 saturated heterocycles. The minimum absolute atomic E-state index is 0.0227. The number of hydrogen-bond donors (Lipinski definition) is 1. The number of aryl methyl sites for hydroxylation is 1. The highest BCUT2D eigenvalue weighted by atomic mass is 32.2. The van der Waals surface area contributed by atoms with Crippen LogP contribution in [-0.2, 0) is 9.84 Å². The third-order valence-corrected chi connectivity index (χ3v) is 7.71. The standard InChI is InChI=1S/C19H21N5O3S2/c1-12-9-16(13(2)24(12)15-5-8-29(26,27)11-15)17(25)10-28-19-21-18(22-23-19)14-3-6-20-7-4-14/h3-4,6-7,9,15H,5,8,10-11H2,1-2H3,(H,21,22,23). The highest BCUT2D eigenvalue weighted by Gasteiger charge is 2.31. The fourth-order valence-corrected chi connectivity index (χ4v) is 6.14. The fraction of sp³-hybridized carbons (Fsp3) is 0.368. The van der Waals surface area contributed by atoms with Crippen LogP contribution in [-0.4, -0.2) is 56.2 Å². The molecule has 0 bridgehead atoms. The SMILES string of the molecule is Cc1cc(C(=O)CSc2n[nH]c(-c3ccncc3)n2)c(C)n1C1CCS(=O)(=O)C1. The predicted molar refractivity (Wildman–Crippen MR) is 111 cm³/mol. The van der Waals surface area contributed by atoms with Crippen molar-refractivity contribution in [3.8, 4) is 11.4 Å². The van der Waals surface area contributed by atoms with E-state index in [1.165, 1.54) is 11.8 Å². The number of rotatable bonds is 6. The Bertz CT molecular complexity index is 1150. The molecule has 8 nitrogen and oxygen atoms in total. The first kappa shape index (κ1) is 19.8. The number of nitrogens with one attached hydrogen (secondary N) is 1. The largest absolute Gasteiger partial charge is 0.344 e. The van der Waals surface area contributed by atoms with E-state index in [9.17, 15) is 13.2 Å². The summed E-state index contributed by atoms with van der Waals surface area (Å²) in [6.45, 7) is 3.79. The van der Waals surface area contributed by atoms with Gasteiger partial charge in [-0.2, -0.15) is 0 Å². The molecule has 29 heavy (non-hydrogen) atoms. The summed E-state index contributed by atoms with van der Waals surface area (Å²) in [4.78, 5) is 21.2. The molecule has 0 spiro atoms. The number of nitrogens with zero attached hydrogens (tertiary/aromatic N) is 4. The number of aromatic amines is 1. The van der Waals surface area contributed by atoms with Crippen LogP contribution >= 0.6 is 11.8 Å². The van der Waals surface area contributed by atoms with E-state index in [1.807, 2.05) is 36.6 Å². The maximum Gasteiger partial charge on any atom is 0.209 e. The van der Waals surface area contributed by atoms with Gasteiger partial charge in [0.15, 0.2) is 21.4 Å². The molecular formula is C19H21N5O3S2.